The average molecular weight is 524 g/mol. The molecule has 0 radical (unpaired) electrons. The van der Waals surface area contributed by atoms with E-state index in [9.17, 15) is 9.90 Å². The van der Waals surface area contributed by atoms with E-state index in [0.29, 0.717) is 19.7 Å². The Morgan fingerprint density at radius 2 is 1.90 bits per heavy atom. The third-order valence-electron chi connectivity index (χ3n) is 9.30. The molecule has 1 amide bonds. The second-order valence-electron chi connectivity index (χ2n) is 11.6. The van der Waals surface area contributed by atoms with Crippen molar-refractivity contribution in [1.29, 1.82) is 0 Å². The van der Waals surface area contributed by atoms with Gasteiger partial charge in [0.25, 0.3) is 0 Å². The van der Waals surface area contributed by atoms with Crippen molar-refractivity contribution in [3.63, 3.8) is 0 Å². The molecule has 1 aliphatic carbocycles. The minimum Gasteiger partial charge on any atom is -0.465 e. The summed E-state index contributed by atoms with van der Waals surface area (Å²) in [5.41, 5.74) is 8.27. The van der Waals surface area contributed by atoms with E-state index < -0.39 is 6.09 Å². The average Bonchev–Trinajstić information content (AvgIpc) is 3.68. The summed E-state index contributed by atoms with van der Waals surface area (Å²) in [5.74, 6) is 0. The molecule has 2 aliphatic heterocycles. The van der Waals surface area contributed by atoms with Crippen LogP contribution in [0, 0.1) is 5.41 Å². The van der Waals surface area contributed by atoms with Crippen LogP contribution in [-0.4, -0.2) is 58.7 Å². The fourth-order valence-electron chi connectivity index (χ4n) is 7.45. The molecule has 3 aliphatic rings. The van der Waals surface area contributed by atoms with Gasteiger partial charge in [-0.15, -0.1) is 0 Å². The maximum absolute atomic E-state index is 11.5. The van der Waals surface area contributed by atoms with E-state index in [0.717, 1.165) is 75.6 Å². The summed E-state index contributed by atoms with van der Waals surface area (Å²) >= 11 is 0. The zero-order valence-corrected chi connectivity index (χ0v) is 21.9. The Bertz CT molecular complexity index is 1800. The number of aromatic amines is 1. The molecule has 198 valence electrons. The highest BCUT2D eigenvalue weighted by Crippen LogP contribution is 2.65. The summed E-state index contributed by atoms with van der Waals surface area (Å²) in [6.45, 7) is 1.73. The first-order valence-electron chi connectivity index (χ1n) is 13.4. The van der Waals surface area contributed by atoms with E-state index in [4.69, 9.17) is 9.72 Å². The van der Waals surface area contributed by atoms with Crippen LogP contribution in [0.2, 0.25) is 0 Å². The number of nitrogens with one attached hydrogen (secondary N) is 1. The monoisotopic (exact) mass is 523 g/mol. The van der Waals surface area contributed by atoms with Crippen LogP contribution in [0.25, 0.3) is 44.3 Å². The van der Waals surface area contributed by atoms with E-state index in [1.807, 2.05) is 48.2 Å². The fourth-order valence-corrected chi connectivity index (χ4v) is 7.45. The lowest BCUT2D eigenvalue weighted by atomic mass is 9.53. The number of aromatic nitrogens is 6. The van der Waals surface area contributed by atoms with Gasteiger partial charge >= 0.3 is 6.09 Å². The van der Waals surface area contributed by atoms with Crippen LogP contribution < -0.4 is 0 Å². The van der Waals surface area contributed by atoms with E-state index in [1.54, 1.807) is 4.90 Å². The van der Waals surface area contributed by atoms with Crippen molar-refractivity contribution in [2.45, 2.75) is 37.9 Å². The molecule has 10 nitrogen and oxygen atoms in total. The summed E-state index contributed by atoms with van der Waals surface area (Å²) in [6, 6.07) is 6.50. The van der Waals surface area contributed by atoms with Crippen LogP contribution in [0.15, 0.2) is 43.0 Å². The fraction of sp³-hybridized carbons (Fsp3) is 0.379. The molecule has 1 aromatic carbocycles. The molecule has 0 bridgehead atoms. The quantitative estimate of drug-likeness (QED) is 0.344. The number of hydrogen-bond donors (Lipinski definition) is 2. The van der Waals surface area contributed by atoms with Crippen molar-refractivity contribution >= 4 is 28.0 Å². The van der Waals surface area contributed by atoms with E-state index in [-0.39, 0.29) is 11.0 Å². The molecule has 10 heteroatoms. The predicted octanol–water partition coefficient (Wildman–Crippen LogP) is 4.80. The molecule has 2 spiro atoms. The van der Waals surface area contributed by atoms with Crippen molar-refractivity contribution in [3.8, 4) is 22.4 Å². The Morgan fingerprint density at radius 3 is 2.64 bits per heavy atom. The first-order chi connectivity index (χ1) is 18.8. The number of likely N-dealkylation sites (tertiary alicyclic amines) is 1. The lowest BCUT2D eigenvalue weighted by Crippen LogP contribution is -2.55. The van der Waals surface area contributed by atoms with Gasteiger partial charge in [0.1, 0.15) is 5.65 Å². The van der Waals surface area contributed by atoms with Gasteiger partial charge < -0.3 is 19.7 Å². The molecule has 2 N–H and O–H groups in total. The normalized spacial score (nSPS) is 19.3. The van der Waals surface area contributed by atoms with Gasteiger partial charge in [-0.2, -0.15) is 10.2 Å². The molecular weight excluding hydrogens is 494 g/mol. The van der Waals surface area contributed by atoms with Crippen molar-refractivity contribution < 1.29 is 14.6 Å². The van der Waals surface area contributed by atoms with Crippen LogP contribution in [0.3, 0.4) is 0 Å². The summed E-state index contributed by atoms with van der Waals surface area (Å²) in [4.78, 5) is 21.5. The van der Waals surface area contributed by atoms with Gasteiger partial charge in [0.05, 0.1) is 35.8 Å². The largest absolute Gasteiger partial charge is 0.465 e. The van der Waals surface area contributed by atoms with Crippen LogP contribution in [0.4, 0.5) is 4.79 Å². The SMILES string of the molecule is Cn1cc(-c2[nH]c3ncc4c(c3c2-c2ccc3c(cnn3C)c2)C2(CC3(CCN(C(=O)O)CC3)C2)OC4)cn1. The number of aryl methyl sites for hydroxylation is 2. The number of carboxylic acid groups (broad SMARTS) is 1. The van der Waals surface area contributed by atoms with Gasteiger partial charge in [0.2, 0.25) is 0 Å². The van der Waals surface area contributed by atoms with Gasteiger partial charge in [-0.1, -0.05) is 6.07 Å². The van der Waals surface area contributed by atoms with Crippen LogP contribution in [-0.2, 0) is 31.0 Å². The highest BCUT2D eigenvalue weighted by atomic mass is 16.5. The maximum Gasteiger partial charge on any atom is 0.407 e. The molecule has 5 aromatic rings. The predicted molar refractivity (Wildman–Crippen MR) is 145 cm³/mol. The number of rotatable bonds is 2. The summed E-state index contributed by atoms with van der Waals surface area (Å²) in [5, 5.41) is 20.5. The molecule has 8 rings (SSSR count). The molecule has 1 saturated heterocycles. The topological polar surface area (TPSA) is 114 Å². The molecular formula is C29H29N7O3. The van der Waals surface area contributed by atoms with Gasteiger partial charge in [-0.25, -0.2) is 9.78 Å². The zero-order chi connectivity index (χ0) is 26.5. The minimum absolute atomic E-state index is 0.125. The standard InChI is InChI=1S/C29H29N7O3/c1-34-13-19(12-31-34)25-22(17-3-4-21-18(9-17)11-32-35(21)2)23-24-20(10-30-26(23)33-25)14-39-29(24)15-28(16-29)5-7-36(8-6-28)27(37)38/h3-4,9-13H,5-8,14-16H2,1-2H3,(H,30,33)(H,37,38). The van der Waals surface area contributed by atoms with Crippen LogP contribution in [0.5, 0.6) is 0 Å². The number of pyridine rings is 1. The smallest absolute Gasteiger partial charge is 0.407 e. The van der Waals surface area contributed by atoms with Crippen LogP contribution in [0.1, 0.15) is 36.8 Å². The zero-order valence-electron chi connectivity index (χ0n) is 21.9. The van der Waals surface area contributed by atoms with E-state index in [1.165, 1.54) is 5.56 Å². The minimum atomic E-state index is -0.820. The molecule has 1 saturated carbocycles. The Balaban J connectivity index is 1.30. The number of fused-ring (bicyclic) bond motifs is 5. The Labute approximate surface area is 224 Å². The molecule has 6 heterocycles. The Morgan fingerprint density at radius 1 is 1.08 bits per heavy atom. The molecule has 0 atom stereocenters. The Hall–Kier alpha value is -4.18. The number of benzene rings is 1. The summed E-state index contributed by atoms with van der Waals surface area (Å²) < 4.78 is 10.3. The second kappa shape index (κ2) is 7.69. The van der Waals surface area contributed by atoms with E-state index in [2.05, 4.69) is 33.4 Å². The molecule has 2 fully saturated rings. The molecule has 0 unspecified atom stereocenters. The first kappa shape index (κ1) is 22.8. The Kier molecular flexibility index (Phi) is 4.49. The van der Waals surface area contributed by atoms with Crippen molar-refractivity contribution in [1.82, 2.24) is 34.4 Å². The second-order valence-corrected chi connectivity index (χ2v) is 11.6. The summed E-state index contributed by atoms with van der Waals surface area (Å²) in [7, 11) is 3.88. The van der Waals surface area contributed by atoms with Gasteiger partial charge in [-0.05, 0) is 48.8 Å². The lowest BCUT2D eigenvalue weighted by molar-refractivity contribution is -0.181. The van der Waals surface area contributed by atoms with Gasteiger partial charge in [-0.3, -0.25) is 9.36 Å². The highest BCUT2D eigenvalue weighted by molar-refractivity contribution is 6.06. The molecule has 39 heavy (non-hydrogen) atoms. The third kappa shape index (κ3) is 3.18. The van der Waals surface area contributed by atoms with Gasteiger partial charge in [0, 0.05) is 72.6 Å². The maximum atomic E-state index is 11.5. The number of hydrogen-bond acceptors (Lipinski definition) is 5. The number of carbonyl (C=O) groups is 1. The first-order valence-corrected chi connectivity index (χ1v) is 13.4. The van der Waals surface area contributed by atoms with Crippen molar-refractivity contribution in [2.75, 3.05) is 13.1 Å². The number of ether oxygens (including phenoxy) is 1. The third-order valence-corrected chi connectivity index (χ3v) is 9.30. The highest BCUT2D eigenvalue weighted by Gasteiger charge is 2.60. The van der Waals surface area contributed by atoms with Crippen LogP contribution >= 0.6 is 0 Å². The van der Waals surface area contributed by atoms with Crippen molar-refractivity contribution in [2.24, 2.45) is 19.5 Å². The summed E-state index contributed by atoms with van der Waals surface area (Å²) in [6.07, 6.45) is 10.5. The number of H-pyrrole nitrogens is 1. The van der Waals surface area contributed by atoms with E-state index >= 15 is 0 Å². The number of amides is 1. The van der Waals surface area contributed by atoms with Crippen molar-refractivity contribution in [3.05, 3.63) is 54.1 Å². The lowest BCUT2D eigenvalue weighted by Gasteiger charge is -2.57. The number of piperidine rings is 1. The number of nitrogens with zero attached hydrogens (tertiary/aromatic N) is 6. The molecule has 4 aromatic heterocycles. The van der Waals surface area contributed by atoms with Gasteiger partial charge in [0.15, 0.2) is 0 Å².